The molecule has 0 unspecified atom stereocenters. The molecule has 0 aromatic heterocycles. The van der Waals surface area contributed by atoms with Gasteiger partial charge in [-0.25, -0.2) is 4.39 Å². The summed E-state index contributed by atoms with van der Waals surface area (Å²) in [5.74, 6) is 0.340. The number of benzene rings is 1. The average molecular weight is 228 g/mol. The van der Waals surface area contributed by atoms with E-state index >= 15 is 0 Å². The molecule has 92 valence electrons. The van der Waals surface area contributed by atoms with Crippen molar-refractivity contribution in [2.75, 3.05) is 20.3 Å². The first kappa shape index (κ1) is 14.9. The van der Waals surface area contributed by atoms with E-state index in [9.17, 15) is 4.39 Å². The molecule has 0 fully saturated rings. The van der Waals surface area contributed by atoms with Crippen LogP contribution in [0.5, 0.6) is 5.75 Å². The summed E-state index contributed by atoms with van der Waals surface area (Å²) in [5, 5.41) is 0. The zero-order valence-corrected chi connectivity index (χ0v) is 10.5. The summed E-state index contributed by atoms with van der Waals surface area (Å²) in [5.41, 5.74) is 0.540. The third kappa shape index (κ3) is 5.71. The first-order valence-corrected chi connectivity index (χ1v) is 5.54. The molecule has 0 saturated carbocycles. The molecule has 0 heterocycles. The quantitative estimate of drug-likeness (QED) is 0.733. The lowest BCUT2D eigenvalue weighted by Gasteiger charge is -2.08. The highest BCUT2D eigenvalue weighted by molar-refractivity contribution is 5.33. The highest BCUT2D eigenvalue weighted by Gasteiger charge is 2.03. The zero-order chi connectivity index (χ0) is 12.4. The first-order chi connectivity index (χ1) is 7.67. The zero-order valence-electron chi connectivity index (χ0n) is 10.5. The van der Waals surface area contributed by atoms with E-state index in [0.29, 0.717) is 24.5 Å². The number of hydrogen-bond donors (Lipinski definition) is 0. The van der Waals surface area contributed by atoms with Crippen LogP contribution in [0.4, 0.5) is 4.39 Å². The van der Waals surface area contributed by atoms with E-state index in [-0.39, 0.29) is 5.82 Å². The minimum absolute atomic E-state index is 0.241. The number of rotatable bonds is 4. The summed E-state index contributed by atoms with van der Waals surface area (Å²) in [6.07, 6.45) is 1.25. The molecular weight excluding hydrogens is 207 g/mol. The lowest BCUT2D eigenvalue weighted by Crippen LogP contribution is -2.05. The van der Waals surface area contributed by atoms with Crippen LogP contribution >= 0.6 is 0 Å². The average Bonchev–Trinajstić information content (AvgIpc) is 2.26. The second-order valence-corrected chi connectivity index (χ2v) is 3.41. The van der Waals surface area contributed by atoms with Gasteiger partial charge in [0.15, 0.2) is 0 Å². The van der Waals surface area contributed by atoms with E-state index in [1.807, 2.05) is 0 Å². The number of halogens is 1. The molecule has 16 heavy (non-hydrogen) atoms. The summed E-state index contributed by atoms with van der Waals surface area (Å²) < 4.78 is 23.1. The molecule has 0 saturated heterocycles. The van der Waals surface area contributed by atoms with Gasteiger partial charge in [-0.2, -0.15) is 0 Å². The van der Waals surface area contributed by atoms with Crippen LogP contribution in [0.25, 0.3) is 0 Å². The van der Waals surface area contributed by atoms with Crippen molar-refractivity contribution in [3.63, 3.8) is 0 Å². The SMILES string of the molecule is CCC.COCCOc1cccc(F)c1C. The van der Waals surface area contributed by atoms with Crippen LogP contribution in [0, 0.1) is 12.7 Å². The third-order valence-corrected chi connectivity index (χ3v) is 1.76. The second-order valence-electron chi connectivity index (χ2n) is 3.41. The van der Waals surface area contributed by atoms with Gasteiger partial charge in [-0.1, -0.05) is 26.3 Å². The summed E-state index contributed by atoms with van der Waals surface area (Å²) in [4.78, 5) is 0. The van der Waals surface area contributed by atoms with Crippen LogP contribution in [-0.4, -0.2) is 20.3 Å². The predicted octanol–water partition coefficient (Wildman–Crippen LogP) is 3.58. The van der Waals surface area contributed by atoms with Crippen LogP contribution < -0.4 is 4.74 Å². The number of methoxy groups -OCH3 is 1. The van der Waals surface area contributed by atoms with E-state index in [1.165, 1.54) is 12.5 Å². The monoisotopic (exact) mass is 228 g/mol. The van der Waals surface area contributed by atoms with Gasteiger partial charge in [-0.3, -0.25) is 0 Å². The Bertz CT molecular complexity index is 287. The minimum atomic E-state index is -0.241. The Kier molecular flexibility index (Phi) is 8.53. The fraction of sp³-hybridized carbons (Fsp3) is 0.538. The molecule has 1 rings (SSSR count). The molecule has 0 amide bonds. The van der Waals surface area contributed by atoms with Crippen LogP contribution in [0.2, 0.25) is 0 Å². The van der Waals surface area contributed by atoms with Gasteiger partial charge in [0, 0.05) is 12.7 Å². The summed E-state index contributed by atoms with van der Waals surface area (Å²) in [6, 6.07) is 4.79. The standard InChI is InChI=1S/C10H13FO2.C3H8/c1-8-9(11)4-3-5-10(8)13-7-6-12-2;1-3-2/h3-5H,6-7H2,1-2H3;3H2,1-2H3. The summed E-state index contributed by atoms with van der Waals surface area (Å²) in [7, 11) is 1.60. The van der Waals surface area contributed by atoms with Gasteiger partial charge < -0.3 is 9.47 Å². The molecule has 1 aromatic rings. The van der Waals surface area contributed by atoms with Gasteiger partial charge in [0.1, 0.15) is 18.2 Å². The van der Waals surface area contributed by atoms with Crippen molar-refractivity contribution in [3.8, 4) is 5.75 Å². The lowest BCUT2D eigenvalue weighted by molar-refractivity contribution is 0.145. The van der Waals surface area contributed by atoms with E-state index in [2.05, 4.69) is 13.8 Å². The van der Waals surface area contributed by atoms with Crippen LogP contribution in [0.3, 0.4) is 0 Å². The fourth-order valence-corrected chi connectivity index (χ4v) is 0.979. The topological polar surface area (TPSA) is 18.5 Å². The van der Waals surface area contributed by atoms with Crippen molar-refractivity contribution < 1.29 is 13.9 Å². The Morgan fingerprint density at radius 3 is 2.38 bits per heavy atom. The van der Waals surface area contributed by atoms with Gasteiger partial charge in [0.2, 0.25) is 0 Å². The molecule has 0 atom stereocenters. The van der Waals surface area contributed by atoms with Crippen molar-refractivity contribution in [2.45, 2.75) is 27.2 Å². The van der Waals surface area contributed by atoms with Gasteiger partial charge in [-0.15, -0.1) is 0 Å². The Balaban J connectivity index is 0.000000673. The molecule has 0 radical (unpaired) electrons. The van der Waals surface area contributed by atoms with Crippen LogP contribution in [0.1, 0.15) is 25.8 Å². The van der Waals surface area contributed by atoms with Crippen LogP contribution in [-0.2, 0) is 4.74 Å². The lowest BCUT2D eigenvalue weighted by atomic mass is 10.2. The Morgan fingerprint density at radius 1 is 1.19 bits per heavy atom. The second kappa shape index (κ2) is 9.16. The van der Waals surface area contributed by atoms with E-state index in [4.69, 9.17) is 9.47 Å². The van der Waals surface area contributed by atoms with E-state index in [0.717, 1.165) is 0 Å². The normalized spacial score (nSPS) is 9.31. The fourth-order valence-electron chi connectivity index (χ4n) is 0.979. The molecule has 3 heteroatoms. The minimum Gasteiger partial charge on any atom is -0.491 e. The Labute approximate surface area is 97.4 Å². The highest BCUT2D eigenvalue weighted by atomic mass is 19.1. The van der Waals surface area contributed by atoms with Crippen molar-refractivity contribution >= 4 is 0 Å². The van der Waals surface area contributed by atoms with Gasteiger partial charge in [0.25, 0.3) is 0 Å². The maximum absolute atomic E-state index is 13.0. The molecule has 0 N–H and O–H groups in total. The molecule has 0 aliphatic heterocycles. The highest BCUT2D eigenvalue weighted by Crippen LogP contribution is 2.19. The summed E-state index contributed by atoms with van der Waals surface area (Å²) >= 11 is 0. The maximum Gasteiger partial charge on any atom is 0.129 e. The molecule has 1 aromatic carbocycles. The van der Waals surface area contributed by atoms with Crippen molar-refractivity contribution in [1.29, 1.82) is 0 Å². The summed E-state index contributed by atoms with van der Waals surface area (Å²) in [6.45, 7) is 6.90. The van der Waals surface area contributed by atoms with Crippen molar-refractivity contribution in [3.05, 3.63) is 29.6 Å². The number of hydrogen-bond acceptors (Lipinski definition) is 2. The van der Waals surface area contributed by atoms with Gasteiger partial charge >= 0.3 is 0 Å². The molecule has 0 bridgehead atoms. The molecular formula is C13H21FO2. The first-order valence-electron chi connectivity index (χ1n) is 5.54. The molecule has 0 spiro atoms. The molecule has 2 nitrogen and oxygen atoms in total. The number of ether oxygens (including phenoxy) is 2. The Morgan fingerprint density at radius 2 is 1.81 bits per heavy atom. The van der Waals surface area contributed by atoms with Crippen molar-refractivity contribution in [1.82, 2.24) is 0 Å². The van der Waals surface area contributed by atoms with Gasteiger partial charge in [-0.05, 0) is 19.1 Å². The van der Waals surface area contributed by atoms with E-state index < -0.39 is 0 Å². The maximum atomic E-state index is 13.0. The van der Waals surface area contributed by atoms with Crippen molar-refractivity contribution in [2.24, 2.45) is 0 Å². The van der Waals surface area contributed by atoms with E-state index in [1.54, 1.807) is 26.2 Å². The predicted molar refractivity (Wildman–Crippen MR) is 64.5 cm³/mol. The molecule has 0 aliphatic carbocycles. The third-order valence-electron chi connectivity index (χ3n) is 1.76. The Hall–Kier alpha value is -1.09. The smallest absolute Gasteiger partial charge is 0.129 e. The van der Waals surface area contributed by atoms with Crippen LogP contribution in [0.15, 0.2) is 18.2 Å². The largest absolute Gasteiger partial charge is 0.491 e. The molecule has 0 aliphatic rings. The van der Waals surface area contributed by atoms with Gasteiger partial charge in [0.05, 0.1) is 6.61 Å².